The van der Waals surface area contributed by atoms with Gasteiger partial charge in [-0.3, -0.25) is 19.2 Å². The number of aryl methyl sites for hydroxylation is 1. The van der Waals surface area contributed by atoms with Crippen molar-refractivity contribution in [2.45, 2.75) is 6.18 Å². The number of hydrogen-bond donors (Lipinski definition) is 2. The first-order chi connectivity index (χ1) is 16.9. The Balaban J connectivity index is 1.76. The molecule has 0 spiro atoms. The summed E-state index contributed by atoms with van der Waals surface area (Å²) >= 11 is 0. The van der Waals surface area contributed by atoms with Crippen LogP contribution in [0.25, 0.3) is 22.5 Å². The summed E-state index contributed by atoms with van der Waals surface area (Å²) in [7, 11) is -2.05. The Hall–Kier alpha value is -4.19. The normalized spacial score (nSPS) is 11.8. The number of carbonyl (C=O) groups is 1. The van der Waals surface area contributed by atoms with Crippen molar-refractivity contribution < 1.29 is 26.4 Å². The van der Waals surface area contributed by atoms with Crippen molar-refractivity contribution in [1.82, 2.24) is 14.8 Å². The zero-order chi connectivity index (χ0) is 26.1. The number of nitrogens with zero attached hydrogens (tertiary/aromatic N) is 3. The van der Waals surface area contributed by atoms with E-state index >= 15 is 0 Å². The molecule has 2 N–H and O–H groups in total. The highest BCUT2D eigenvalue weighted by Gasteiger charge is 2.34. The van der Waals surface area contributed by atoms with E-state index in [2.05, 4.69) is 20.1 Å². The molecule has 0 bridgehead atoms. The number of amides is 1. The number of pyridine rings is 1. The van der Waals surface area contributed by atoms with Crippen molar-refractivity contribution >= 4 is 27.3 Å². The number of hydrogen-bond acceptors (Lipinski definition) is 5. The number of carbonyl (C=O) groups excluding carboxylic acids is 1. The van der Waals surface area contributed by atoms with Crippen molar-refractivity contribution in [1.29, 1.82) is 0 Å². The zero-order valence-corrected chi connectivity index (χ0v) is 19.9. The smallest absolute Gasteiger partial charge is 0.320 e. The molecule has 1 amide bonds. The fraction of sp³-hybridized carbons (Fsp3) is 0.125. The van der Waals surface area contributed by atoms with Crippen molar-refractivity contribution in [3.8, 4) is 22.5 Å². The summed E-state index contributed by atoms with van der Waals surface area (Å²) in [5.74, 6) is -0.712. The maximum absolute atomic E-state index is 13.6. The molecule has 8 nitrogen and oxygen atoms in total. The van der Waals surface area contributed by atoms with E-state index in [1.165, 1.54) is 29.2 Å². The summed E-state index contributed by atoms with van der Waals surface area (Å²) in [5.41, 5.74) is 0.0939. The fourth-order valence-electron chi connectivity index (χ4n) is 3.55. The van der Waals surface area contributed by atoms with Crippen LogP contribution in [0.1, 0.15) is 15.9 Å². The molecule has 36 heavy (non-hydrogen) atoms. The van der Waals surface area contributed by atoms with Crippen LogP contribution < -0.4 is 10.0 Å². The van der Waals surface area contributed by atoms with Gasteiger partial charge in [0.2, 0.25) is 10.0 Å². The second-order valence-electron chi connectivity index (χ2n) is 7.95. The number of aromatic nitrogens is 3. The molecular weight excluding hydrogens is 495 g/mol. The third kappa shape index (κ3) is 5.71. The summed E-state index contributed by atoms with van der Waals surface area (Å²) in [5, 5.41) is 6.70. The predicted molar refractivity (Wildman–Crippen MR) is 130 cm³/mol. The molecule has 186 valence electrons. The van der Waals surface area contributed by atoms with Gasteiger partial charge >= 0.3 is 6.18 Å². The molecule has 0 aliphatic rings. The molecular formula is C24H20F3N5O3S. The van der Waals surface area contributed by atoms with Gasteiger partial charge in [0.1, 0.15) is 0 Å². The lowest BCUT2D eigenvalue weighted by Gasteiger charge is -2.15. The number of alkyl halides is 3. The van der Waals surface area contributed by atoms with Crippen molar-refractivity contribution in [3.05, 3.63) is 84.2 Å². The molecule has 0 atom stereocenters. The monoisotopic (exact) mass is 515 g/mol. The van der Waals surface area contributed by atoms with E-state index in [9.17, 15) is 26.4 Å². The van der Waals surface area contributed by atoms with Gasteiger partial charge in [0.05, 0.1) is 40.8 Å². The SMILES string of the molecule is Cn1ccc(-c2cc(C(=O)Nc3cc(NS(C)(=O)=O)cnc3-c3ccccc3)ccc2C(F)(F)F)n1. The Morgan fingerprint density at radius 1 is 1.03 bits per heavy atom. The van der Waals surface area contributed by atoms with E-state index in [1.54, 1.807) is 37.4 Å². The lowest BCUT2D eigenvalue weighted by Crippen LogP contribution is -2.16. The molecule has 0 aliphatic carbocycles. The van der Waals surface area contributed by atoms with Crippen molar-refractivity contribution in [2.75, 3.05) is 16.3 Å². The number of benzene rings is 2. The largest absolute Gasteiger partial charge is 0.417 e. The van der Waals surface area contributed by atoms with Crippen LogP contribution in [0.4, 0.5) is 24.5 Å². The van der Waals surface area contributed by atoms with Gasteiger partial charge < -0.3 is 5.32 Å². The maximum atomic E-state index is 13.6. The van der Waals surface area contributed by atoms with E-state index in [0.717, 1.165) is 24.5 Å². The van der Waals surface area contributed by atoms with Gasteiger partial charge in [0, 0.05) is 29.9 Å². The second-order valence-corrected chi connectivity index (χ2v) is 9.70. The summed E-state index contributed by atoms with van der Waals surface area (Å²) in [6, 6.07) is 14.6. The average molecular weight is 516 g/mol. The Kier molecular flexibility index (Phi) is 6.55. The van der Waals surface area contributed by atoms with Gasteiger partial charge in [-0.25, -0.2) is 8.42 Å². The summed E-state index contributed by atoms with van der Waals surface area (Å²) in [4.78, 5) is 17.5. The standard InChI is InChI=1S/C24H20F3N5O3S/c1-32-11-10-20(30-32)18-12-16(8-9-19(18)24(25,26)27)23(33)29-21-13-17(31-36(2,34)35)14-28-22(21)15-6-4-3-5-7-15/h3-14,31H,1-2H3,(H,29,33). The topological polar surface area (TPSA) is 106 Å². The van der Waals surface area contributed by atoms with Crippen LogP contribution in [0.2, 0.25) is 0 Å². The van der Waals surface area contributed by atoms with Gasteiger partial charge in [0.15, 0.2) is 0 Å². The van der Waals surface area contributed by atoms with Gasteiger partial charge in [0.25, 0.3) is 5.91 Å². The minimum absolute atomic E-state index is 0.0517. The highest BCUT2D eigenvalue weighted by molar-refractivity contribution is 7.92. The summed E-state index contributed by atoms with van der Waals surface area (Å²) in [6.07, 6.45) is -0.883. The van der Waals surface area contributed by atoms with Crippen LogP contribution in [-0.2, 0) is 23.2 Å². The molecule has 0 unspecified atom stereocenters. The molecule has 2 aromatic carbocycles. The van der Waals surface area contributed by atoms with Gasteiger partial charge in [-0.15, -0.1) is 0 Å². The Bertz CT molecular complexity index is 1530. The first kappa shape index (κ1) is 24.9. The molecule has 0 saturated carbocycles. The van der Waals surface area contributed by atoms with Gasteiger partial charge in [-0.05, 0) is 30.3 Å². The molecule has 2 heterocycles. The average Bonchev–Trinajstić information content (AvgIpc) is 3.24. The lowest BCUT2D eigenvalue weighted by molar-refractivity contribution is -0.137. The Morgan fingerprint density at radius 2 is 1.75 bits per heavy atom. The third-order valence-corrected chi connectivity index (χ3v) is 5.67. The van der Waals surface area contributed by atoms with Crippen LogP contribution in [0.15, 0.2) is 73.1 Å². The molecule has 4 rings (SSSR count). The molecule has 12 heteroatoms. The van der Waals surface area contributed by atoms with Gasteiger partial charge in [-0.1, -0.05) is 30.3 Å². The van der Waals surface area contributed by atoms with Crippen LogP contribution in [0.3, 0.4) is 0 Å². The number of nitrogens with one attached hydrogen (secondary N) is 2. The van der Waals surface area contributed by atoms with Crippen LogP contribution in [0.5, 0.6) is 0 Å². The zero-order valence-electron chi connectivity index (χ0n) is 19.0. The van der Waals surface area contributed by atoms with E-state index in [0.29, 0.717) is 11.3 Å². The van der Waals surface area contributed by atoms with E-state index in [1.807, 2.05) is 0 Å². The van der Waals surface area contributed by atoms with Crippen molar-refractivity contribution in [3.63, 3.8) is 0 Å². The minimum atomic E-state index is -4.65. The van der Waals surface area contributed by atoms with Crippen LogP contribution in [0, 0.1) is 0 Å². The van der Waals surface area contributed by atoms with Crippen molar-refractivity contribution in [2.24, 2.45) is 7.05 Å². The highest BCUT2D eigenvalue weighted by Crippen LogP contribution is 2.37. The fourth-order valence-corrected chi connectivity index (χ4v) is 4.09. The first-order valence-corrected chi connectivity index (χ1v) is 12.4. The summed E-state index contributed by atoms with van der Waals surface area (Å²) in [6.45, 7) is 0. The predicted octanol–water partition coefficient (Wildman–Crippen LogP) is 4.79. The number of halogens is 3. The first-order valence-electron chi connectivity index (χ1n) is 10.5. The second kappa shape index (κ2) is 9.46. The van der Waals surface area contributed by atoms with E-state index in [-0.39, 0.29) is 28.2 Å². The quantitative estimate of drug-likeness (QED) is 0.384. The minimum Gasteiger partial charge on any atom is -0.320 e. The molecule has 0 radical (unpaired) electrons. The number of sulfonamides is 1. The van der Waals surface area contributed by atoms with Crippen LogP contribution in [-0.4, -0.2) is 35.3 Å². The summed E-state index contributed by atoms with van der Waals surface area (Å²) < 4.78 is 67.9. The molecule has 0 aliphatic heterocycles. The lowest BCUT2D eigenvalue weighted by atomic mass is 10.00. The van der Waals surface area contributed by atoms with E-state index < -0.39 is 27.7 Å². The highest BCUT2D eigenvalue weighted by atomic mass is 32.2. The number of rotatable bonds is 6. The van der Waals surface area contributed by atoms with Gasteiger partial charge in [-0.2, -0.15) is 18.3 Å². The third-order valence-electron chi connectivity index (χ3n) is 5.06. The Labute approximate surface area is 204 Å². The van der Waals surface area contributed by atoms with E-state index in [4.69, 9.17) is 0 Å². The molecule has 0 saturated heterocycles. The maximum Gasteiger partial charge on any atom is 0.417 e. The Morgan fingerprint density at radius 3 is 2.36 bits per heavy atom. The molecule has 0 fully saturated rings. The molecule has 4 aromatic rings. The number of anilines is 2. The van der Waals surface area contributed by atoms with Crippen LogP contribution >= 0.6 is 0 Å². The molecule has 2 aromatic heterocycles.